The molecule has 8 nitrogen and oxygen atoms in total. The third-order valence-corrected chi connectivity index (χ3v) is 5.32. The highest BCUT2D eigenvalue weighted by Gasteiger charge is 2.17. The summed E-state index contributed by atoms with van der Waals surface area (Å²) in [5, 5.41) is 25.4. The highest BCUT2D eigenvalue weighted by molar-refractivity contribution is 7.09. The SMILES string of the molecule is O=C(O)C(=O)Nc1cc(Cl)c(Oc2ccc(O)c(C(=O)NCc3cccs3)c2)c(Cl)c1. The molecular weight excluding hydrogens is 467 g/mol. The lowest BCUT2D eigenvalue weighted by atomic mass is 10.1. The third-order valence-electron chi connectivity index (χ3n) is 3.89. The van der Waals surface area contributed by atoms with E-state index in [1.54, 1.807) is 0 Å². The number of phenols is 1. The zero-order valence-corrected chi connectivity index (χ0v) is 17.8. The monoisotopic (exact) mass is 480 g/mol. The van der Waals surface area contributed by atoms with Crippen molar-refractivity contribution >= 4 is 58.0 Å². The quantitative estimate of drug-likeness (QED) is 0.384. The zero-order valence-electron chi connectivity index (χ0n) is 15.5. The molecule has 2 aromatic carbocycles. The van der Waals surface area contributed by atoms with Gasteiger partial charge in [-0.25, -0.2) is 4.79 Å². The molecule has 0 unspecified atom stereocenters. The number of carboxylic acid groups (broad SMARTS) is 1. The van der Waals surface area contributed by atoms with Crippen LogP contribution < -0.4 is 15.4 Å². The number of thiophene rings is 1. The number of benzene rings is 2. The van der Waals surface area contributed by atoms with Crippen molar-refractivity contribution in [3.05, 3.63) is 68.3 Å². The topological polar surface area (TPSA) is 125 Å². The van der Waals surface area contributed by atoms with Crippen LogP contribution in [-0.4, -0.2) is 28.0 Å². The maximum absolute atomic E-state index is 12.4. The van der Waals surface area contributed by atoms with Crippen molar-refractivity contribution in [3.63, 3.8) is 0 Å². The number of aromatic hydroxyl groups is 1. The number of rotatable bonds is 6. The Hall–Kier alpha value is -3.27. The van der Waals surface area contributed by atoms with E-state index in [0.717, 1.165) is 4.88 Å². The van der Waals surface area contributed by atoms with Crippen molar-refractivity contribution in [2.24, 2.45) is 0 Å². The van der Waals surface area contributed by atoms with Gasteiger partial charge in [0, 0.05) is 10.6 Å². The first-order valence-corrected chi connectivity index (χ1v) is 10.2. The summed E-state index contributed by atoms with van der Waals surface area (Å²) in [5.41, 5.74) is 0.0562. The largest absolute Gasteiger partial charge is 0.507 e. The average Bonchev–Trinajstić information content (AvgIpc) is 3.23. The minimum atomic E-state index is -1.67. The van der Waals surface area contributed by atoms with Gasteiger partial charge in [-0.2, -0.15) is 0 Å². The summed E-state index contributed by atoms with van der Waals surface area (Å²) in [6, 6.07) is 10.3. The first-order chi connectivity index (χ1) is 14.7. The predicted molar refractivity (Wildman–Crippen MR) is 116 cm³/mol. The van der Waals surface area contributed by atoms with E-state index in [0.29, 0.717) is 6.54 Å². The van der Waals surface area contributed by atoms with Crippen LogP contribution in [0.5, 0.6) is 17.2 Å². The fourth-order valence-corrected chi connectivity index (χ4v) is 3.68. The number of halogens is 2. The normalized spacial score (nSPS) is 10.4. The number of amides is 2. The van der Waals surface area contributed by atoms with E-state index in [4.69, 9.17) is 33.0 Å². The smallest absolute Gasteiger partial charge is 0.394 e. The lowest BCUT2D eigenvalue weighted by Gasteiger charge is -2.13. The van der Waals surface area contributed by atoms with Crippen molar-refractivity contribution in [2.75, 3.05) is 5.32 Å². The van der Waals surface area contributed by atoms with Gasteiger partial charge in [0.2, 0.25) is 0 Å². The van der Waals surface area contributed by atoms with Gasteiger partial charge in [0.1, 0.15) is 11.5 Å². The van der Waals surface area contributed by atoms with Crippen LogP contribution in [0.3, 0.4) is 0 Å². The molecule has 160 valence electrons. The zero-order chi connectivity index (χ0) is 22.5. The number of carbonyl (C=O) groups excluding carboxylic acids is 2. The Labute approximate surface area is 190 Å². The van der Waals surface area contributed by atoms with Crippen LogP contribution >= 0.6 is 34.5 Å². The molecule has 11 heteroatoms. The van der Waals surface area contributed by atoms with Crippen LogP contribution in [0.1, 0.15) is 15.2 Å². The summed E-state index contributed by atoms with van der Waals surface area (Å²) in [6.45, 7) is 0.308. The van der Waals surface area contributed by atoms with E-state index in [-0.39, 0.29) is 38.5 Å². The summed E-state index contributed by atoms with van der Waals surface area (Å²) < 4.78 is 5.66. The second-order valence-corrected chi connectivity index (χ2v) is 7.92. The first-order valence-electron chi connectivity index (χ1n) is 8.59. The van der Waals surface area contributed by atoms with Crippen molar-refractivity contribution in [1.29, 1.82) is 0 Å². The summed E-state index contributed by atoms with van der Waals surface area (Å²) >= 11 is 13.8. The Morgan fingerprint density at radius 2 is 1.77 bits per heavy atom. The minimum Gasteiger partial charge on any atom is -0.507 e. The number of hydrogen-bond acceptors (Lipinski definition) is 6. The number of hydrogen-bond donors (Lipinski definition) is 4. The highest BCUT2D eigenvalue weighted by atomic mass is 35.5. The molecule has 0 spiro atoms. The van der Waals surface area contributed by atoms with Gasteiger partial charge >= 0.3 is 11.9 Å². The van der Waals surface area contributed by atoms with E-state index < -0.39 is 17.8 Å². The fraction of sp³-hybridized carbons (Fsp3) is 0.0500. The van der Waals surface area contributed by atoms with Crippen LogP contribution in [0.15, 0.2) is 47.8 Å². The molecule has 1 heterocycles. The van der Waals surface area contributed by atoms with Crippen molar-refractivity contribution in [3.8, 4) is 17.2 Å². The number of aliphatic carboxylic acids is 1. The second-order valence-electron chi connectivity index (χ2n) is 6.07. The van der Waals surface area contributed by atoms with E-state index in [1.807, 2.05) is 17.5 Å². The molecule has 0 aliphatic heterocycles. The molecule has 0 aliphatic carbocycles. The van der Waals surface area contributed by atoms with Gasteiger partial charge in [-0.15, -0.1) is 11.3 Å². The molecule has 3 rings (SSSR count). The predicted octanol–water partition coefficient (Wildman–Crippen LogP) is 4.51. The summed E-state index contributed by atoms with van der Waals surface area (Å²) in [7, 11) is 0. The summed E-state index contributed by atoms with van der Waals surface area (Å²) in [5.74, 6) is -3.46. The number of phenolic OH excluding ortho intramolecular Hbond substituents is 1. The minimum absolute atomic E-state index is 0.00774. The van der Waals surface area contributed by atoms with Gasteiger partial charge in [-0.1, -0.05) is 29.3 Å². The summed E-state index contributed by atoms with van der Waals surface area (Å²) in [6.07, 6.45) is 0. The van der Waals surface area contributed by atoms with Crippen molar-refractivity contribution in [2.45, 2.75) is 6.54 Å². The number of carboxylic acids is 1. The Bertz CT molecular complexity index is 1130. The fourth-order valence-electron chi connectivity index (χ4n) is 2.47. The Balaban J connectivity index is 1.78. The Kier molecular flexibility index (Phi) is 7.01. The molecule has 1 aromatic heterocycles. The van der Waals surface area contributed by atoms with Crippen LogP contribution in [0, 0.1) is 0 Å². The Morgan fingerprint density at radius 1 is 1.06 bits per heavy atom. The second kappa shape index (κ2) is 9.69. The molecule has 3 aromatic rings. The van der Waals surface area contributed by atoms with E-state index in [9.17, 15) is 19.5 Å². The summed E-state index contributed by atoms with van der Waals surface area (Å²) in [4.78, 5) is 35.3. The number of ether oxygens (including phenoxy) is 1. The molecule has 0 fully saturated rings. The van der Waals surface area contributed by atoms with Crippen LogP contribution in [0.25, 0.3) is 0 Å². The molecule has 4 N–H and O–H groups in total. The number of carbonyl (C=O) groups is 3. The standard InChI is InChI=1S/C20H14Cl2N2O6S/c21-14-6-10(24-19(27)20(28)29)7-15(22)17(14)30-11-3-4-16(25)13(8-11)18(26)23-9-12-2-1-5-31-12/h1-8,25H,9H2,(H,23,26)(H,24,27)(H,28,29). The molecule has 0 saturated heterocycles. The lowest BCUT2D eigenvalue weighted by Crippen LogP contribution is -2.22. The van der Waals surface area contributed by atoms with Crippen molar-refractivity contribution < 1.29 is 29.3 Å². The van der Waals surface area contributed by atoms with Crippen molar-refractivity contribution in [1.82, 2.24) is 5.32 Å². The molecule has 2 amide bonds. The van der Waals surface area contributed by atoms with Gasteiger partial charge in [-0.3, -0.25) is 9.59 Å². The Morgan fingerprint density at radius 3 is 2.39 bits per heavy atom. The molecule has 0 saturated carbocycles. The molecule has 0 aliphatic rings. The van der Waals surface area contributed by atoms with E-state index in [1.165, 1.54) is 41.7 Å². The van der Waals surface area contributed by atoms with Gasteiger partial charge in [0.05, 0.1) is 22.2 Å². The number of anilines is 1. The van der Waals surface area contributed by atoms with Gasteiger partial charge < -0.3 is 25.6 Å². The maximum atomic E-state index is 12.4. The third kappa shape index (κ3) is 5.66. The average molecular weight is 481 g/mol. The van der Waals surface area contributed by atoms with Crippen LogP contribution in [0.2, 0.25) is 10.0 Å². The molecule has 0 radical (unpaired) electrons. The lowest BCUT2D eigenvalue weighted by molar-refractivity contribution is -0.147. The maximum Gasteiger partial charge on any atom is 0.394 e. The molecule has 0 bridgehead atoms. The van der Waals surface area contributed by atoms with Gasteiger partial charge in [0.15, 0.2) is 5.75 Å². The van der Waals surface area contributed by atoms with Crippen LogP contribution in [-0.2, 0) is 16.1 Å². The van der Waals surface area contributed by atoms with Gasteiger partial charge in [-0.05, 0) is 41.8 Å². The van der Waals surface area contributed by atoms with Gasteiger partial charge in [0.25, 0.3) is 5.91 Å². The van der Waals surface area contributed by atoms with E-state index >= 15 is 0 Å². The van der Waals surface area contributed by atoms with E-state index in [2.05, 4.69) is 10.6 Å². The molecule has 31 heavy (non-hydrogen) atoms. The first kappa shape index (κ1) is 22.4. The number of nitrogens with one attached hydrogen (secondary N) is 2. The molecule has 0 atom stereocenters. The highest BCUT2D eigenvalue weighted by Crippen LogP contribution is 2.39. The molecular formula is C20H14Cl2N2O6S. The van der Waals surface area contributed by atoms with Crippen LogP contribution in [0.4, 0.5) is 5.69 Å².